The smallest absolute Gasteiger partial charge is 0.164 e. The number of pyridine rings is 1. The Morgan fingerprint density at radius 1 is 0.281 bits per heavy atom. The van der Waals surface area contributed by atoms with E-state index in [1.165, 1.54) is 16.2 Å². The van der Waals surface area contributed by atoms with Crippen LogP contribution in [0.25, 0.3) is 106 Å². The maximum absolute atomic E-state index is 5.25. The van der Waals surface area contributed by atoms with Gasteiger partial charge in [0.25, 0.3) is 0 Å². The fourth-order valence-corrected chi connectivity index (χ4v) is 8.09. The van der Waals surface area contributed by atoms with Gasteiger partial charge in [-0.05, 0) is 59.0 Å². The molecule has 0 amide bonds. The van der Waals surface area contributed by atoms with E-state index in [1.54, 1.807) is 0 Å². The van der Waals surface area contributed by atoms with Gasteiger partial charge < -0.3 is 4.57 Å². The zero-order valence-corrected chi connectivity index (χ0v) is 30.8. The van der Waals surface area contributed by atoms with E-state index in [4.69, 9.17) is 19.9 Å². The molecule has 5 nitrogen and oxygen atoms in total. The van der Waals surface area contributed by atoms with Crippen LogP contribution in [0.4, 0.5) is 0 Å². The van der Waals surface area contributed by atoms with Crippen LogP contribution >= 0.6 is 0 Å². The van der Waals surface area contributed by atoms with Crippen molar-refractivity contribution >= 4 is 43.5 Å². The lowest BCUT2D eigenvalue weighted by Crippen LogP contribution is -2.00. The third kappa shape index (κ3) is 5.72. The average molecular weight is 728 g/mol. The van der Waals surface area contributed by atoms with Crippen molar-refractivity contribution in [2.45, 2.75) is 0 Å². The highest BCUT2D eigenvalue weighted by molar-refractivity contribution is 6.20. The monoisotopic (exact) mass is 727 g/mol. The van der Waals surface area contributed by atoms with Crippen LogP contribution in [0.15, 0.2) is 200 Å². The molecule has 0 radical (unpaired) electrons. The Bertz CT molecular complexity index is 3210. The molecule has 0 aliphatic carbocycles. The largest absolute Gasteiger partial charge is 0.309 e. The normalized spacial score (nSPS) is 11.5. The Labute approximate surface area is 329 Å². The van der Waals surface area contributed by atoms with E-state index in [0.29, 0.717) is 17.5 Å². The van der Waals surface area contributed by atoms with Crippen LogP contribution in [-0.2, 0) is 0 Å². The minimum atomic E-state index is 0.630. The zero-order valence-electron chi connectivity index (χ0n) is 30.8. The highest BCUT2D eigenvalue weighted by Crippen LogP contribution is 2.41. The predicted molar refractivity (Wildman–Crippen MR) is 234 cm³/mol. The molecule has 11 rings (SSSR count). The maximum Gasteiger partial charge on any atom is 0.164 e. The van der Waals surface area contributed by atoms with Crippen LogP contribution < -0.4 is 0 Å². The molecule has 0 saturated carbocycles. The van der Waals surface area contributed by atoms with Gasteiger partial charge in [-0.1, -0.05) is 158 Å². The highest BCUT2D eigenvalue weighted by Gasteiger charge is 2.19. The van der Waals surface area contributed by atoms with Crippen molar-refractivity contribution in [2.75, 3.05) is 0 Å². The summed E-state index contributed by atoms with van der Waals surface area (Å²) in [5, 5.41) is 5.85. The summed E-state index contributed by atoms with van der Waals surface area (Å²) in [7, 11) is 0. The number of fused-ring (bicyclic) bond motifs is 6. The fraction of sp³-hybridized carbons (Fsp3) is 0. The van der Waals surface area contributed by atoms with Gasteiger partial charge >= 0.3 is 0 Å². The molecule has 3 heterocycles. The topological polar surface area (TPSA) is 56.5 Å². The summed E-state index contributed by atoms with van der Waals surface area (Å²) < 4.78 is 2.39. The molecule has 57 heavy (non-hydrogen) atoms. The zero-order chi connectivity index (χ0) is 37.7. The molecule has 0 bridgehead atoms. The van der Waals surface area contributed by atoms with Gasteiger partial charge in [0.2, 0.25) is 0 Å². The van der Waals surface area contributed by atoms with Crippen LogP contribution in [0.3, 0.4) is 0 Å². The third-order valence-electron chi connectivity index (χ3n) is 10.8. The number of para-hydroxylation sites is 2. The molecule has 0 aliphatic heterocycles. The first-order valence-electron chi connectivity index (χ1n) is 19.1. The second-order valence-corrected chi connectivity index (χ2v) is 14.3. The van der Waals surface area contributed by atoms with Crippen LogP contribution in [0.2, 0.25) is 0 Å². The molecule has 0 saturated heterocycles. The van der Waals surface area contributed by atoms with E-state index in [-0.39, 0.29) is 0 Å². The summed E-state index contributed by atoms with van der Waals surface area (Å²) in [5.74, 6) is 1.92. The summed E-state index contributed by atoms with van der Waals surface area (Å²) in [4.78, 5) is 20.2. The Kier molecular flexibility index (Phi) is 7.74. The average Bonchev–Trinajstić information content (AvgIpc) is 3.61. The molecule has 0 aliphatic rings. The van der Waals surface area contributed by atoms with Gasteiger partial charge in [0, 0.05) is 49.5 Å². The summed E-state index contributed by atoms with van der Waals surface area (Å²) in [6.07, 6.45) is 0. The lowest BCUT2D eigenvalue weighted by Gasteiger charge is -2.12. The molecule has 3 aromatic heterocycles. The van der Waals surface area contributed by atoms with E-state index in [9.17, 15) is 0 Å². The van der Waals surface area contributed by atoms with Crippen LogP contribution in [0.5, 0.6) is 0 Å². The number of benzene rings is 8. The van der Waals surface area contributed by atoms with Gasteiger partial charge in [0.15, 0.2) is 17.5 Å². The molecule has 266 valence electrons. The Morgan fingerprint density at radius 2 is 0.807 bits per heavy atom. The number of hydrogen-bond acceptors (Lipinski definition) is 4. The molecule has 11 aromatic rings. The molecule has 0 N–H and O–H groups in total. The van der Waals surface area contributed by atoms with Crippen LogP contribution in [-0.4, -0.2) is 24.5 Å². The predicted octanol–water partition coefficient (Wildman–Crippen LogP) is 13.0. The molecular weight excluding hydrogens is 695 g/mol. The van der Waals surface area contributed by atoms with E-state index in [0.717, 1.165) is 72.1 Å². The summed E-state index contributed by atoms with van der Waals surface area (Å²) in [5.41, 5.74) is 11.4. The Balaban J connectivity index is 1.12. The molecule has 5 heteroatoms. The van der Waals surface area contributed by atoms with Crippen molar-refractivity contribution in [3.63, 3.8) is 0 Å². The first kappa shape index (κ1) is 32.7. The lowest BCUT2D eigenvalue weighted by molar-refractivity contribution is 1.07. The standard InChI is InChI=1S/C52H33N5/c1-5-16-34(17-6-1)49-45-33-48-44(32-43(45)41-26-13-14-27-46(41)53-49)42-29-28-38(31-47(42)57(48)40-24-11-4-12-25-40)37-22-15-23-39(30-37)52-55-50(35-18-7-2-8-19-35)54-51(56-52)36-20-9-3-10-21-36/h1-33H. The van der Waals surface area contributed by atoms with Crippen molar-refractivity contribution in [1.29, 1.82) is 0 Å². The summed E-state index contributed by atoms with van der Waals surface area (Å²) >= 11 is 0. The maximum atomic E-state index is 5.25. The lowest BCUT2D eigenvalue weighted by atomic mass is 9.97. The van der Waals surface area contributed by atoms with E-state index >= 15 is 0 Å². The van der Waals surface area contributed by atoms with E-state index in [2.05, 4.69) is 144 Å². The van der Waals surface area contributed by atoms with E-state index < -0.39 is 0 Å². The minimum Gasteiger partial charge on any atom is -0.309 e. The van der Waals surface area contributed by atoms with Crippen LogP contribution in [0.1, 0.15) is 0 Å². The van der Waals surface area contributed by atoms with Gasteiger partial charge in [-0.3, -0.25) is 0 Å². The van der Waals surface area contributed by atoms with Crippen molar-refractivity contribution in [3.8, 4) is 62.2 Å². The van der Waals surface area contributed by atoms with Crippen molar-refractivity contribution in [1.82, 2.24) is 24.5 Å². The van der Waals surface area contributed by atoms with Gasteiger partial charge in [-0.15, -0.1) is 0 Å². The summed E-state index contributed by atoms with van der Waals surface area (Å²) in [6, 6.07) is 69.9. The molecule has 0 fully saturated rings. The second kappa shape index (κ2) is 13.5. The SMILES string of the molecule is c1ccc(-c2nc(-c3ccccc3)nc(-c3cccc(-c4ccc5c6cc7c(cc6n(-c6ccccc6)c5c4)c(-c4ccccc4)nc4ccccc47)c3)n2)cc1. The number of aromatic nitrogens is 5. The van der Waals surface area contributed by atoms with Gasteiger partial charge in [0.1, 0.15) is 0 Å². The molecule has 0 atom stereocenters. The van der Waals surface area contributed by atoms with Crippen molar-refractivity contribution < 1.29 is 0 Å². The Morgan fingerprint density at radius 3 is 1.49 bits per heavy atom. The quantitative estimate of drug-likeness (QED) is 0.160. The second-order valence-electron chi connectivity index (χ2n) is 14.3. The third-order valence-corrected chi connectivity index (χ3v) is 10.8. The molecule has 8 aromatic carbocycles. The first-order valence-corrected chi connectivity index (χ1v) is 19.1. The molecule has 0 spiro atoms. The van der Waals surface area contributed by atoms with Crippen molar-refractivity contribution in [2.24, 2.45) is 0 Å². The number of nitrogens with zero attached hydrogens (tertiary/aromatic N) is 5. The van der Waals surface area contributed by atoms with Crippen LogP contribution in [0, 0.1) is 0 Å². The first-order chi connectivity index (χ1) is 28.2. The van der Waals surface area contributed by atoms with Gasteiger partial charge in [-0.2, -0.15) is 0 Å². The minimum absolute atomic E-state index is 0.630. The van der Waals surface area contributed by atoms with Crippen molar-refractivity contribution in [3.05, 3.63) is 200 Å². The summed E-state index contributed by atoms with van der Waals surface area (Å²) in [6.45, 7) is 0. The molecule has 0 unspecified atom stereocenters. The molecular formula is C52H33N5. The number of hydrogen-bond donors (Lipinski definition) is 0. The highest BCUT2D eigenvalue weighted by atomic mass is 15.0. The Hall–Kier alpha value is -7.76. The van der Waals surface area contributed by atoms with Gasteiger partial charge in [-0.25, -0.2) is 19.9 Å². The van der Waals surface area contributed by atoms with E-state index in [1.807, 2.05) is 60.7 Å². The fourth-order valence-electron chi connectivity index (χ4n) is 8.09. The number of rotatable bonds is 6. The van der Waals surface area contributed by atoms with Gasteiger partial charge in [0.05, 0.1) is 22.2 Å².